The lowest BCUT2D eigenvalue weighted by Gasteiger charge is -2.24. The lowest BCUT2D eigenvalue weighted by molar-refractivity contribution is 0.0471. The zero-order chi connectivity index (χ0) is 16.6. The summed E-state index contributed by atoms with van der Waals surface area (Å²) in [6.07, 6.45) is 1.90. The number of hydrogen-bond acceptors (Lipinski definition) is 3. The van der Waals surface area contributed by atoms with Gasteiger partial charge in [0, 0.05) is 6.42 Å². The van der Waals surface area contributed by atoms with Crippen LogP contribution in [0.1, 0.15) is 40.0 Å². The van der Waals surface area contributed by atoms with Gasteiger partial charge >= 0.3 is 0 Å². The van der Waals surface area contributed by atoms with Crippen molar-refractivity contribution in [2.45, 2.75) is 31.7 Å². The molecule has 0 radical (unpaired) electrons. The molecule has 1 unspecified atom stereocenters. The van der Waals surface area contributed by atoms with Crippen LogP contribution in [0, 0.1) is 6.92 Å². The summed E-state index contributed by atoms with van der Waals surface area (Å²) in [4.78, 5) is 0. The van der Waals surface area contributed by atoms with Gasteiger partial charge in [-0.3, -0.25) is 0 Å². The van der Waals surface area contributed by atoms with E-state index in [1.54, 1.807) is 6.08 Å². The summed E-state index contributed by atoms with van der Waals surface area (Å²) in [6, 6.07) is 10.2. The molecule has 24 heavy (non-hydrogen) atoms. The average molecular weight is 318 g/mol. The topological polar surface area (TPSA) is 60.7 Å². The second-order valence-electron chi connectivity index (χ2n) is 6.93. The average Bonchev–Trinajstić information content (AvgIpc) is 2.93. The summed E-state index contributed by atoms with van der Waals surface area (Å²) in [5.74, 6) is 0. The van der Waals surface area contributed by atoms with E-state index in [9.17, 15) is 15.3 Å². The quantitative estimate of drug-likeness (QED) is 0.557. The summed E-state index contributed by atoms with van der Waals surface area (Å²) in [5, 5.41) is 35.2. The number of aryl methyl sites for hydroxylation is 1. The van der Waals surface area contributed by atoms with Crippen molar-refractivity contribution in [2.75, 3.05) is 0 Å². The van der Waals surface area contributed by atoms with Crippen molar-refractivity contribution >= 4 is 27.6 Å². The molecule has 2 aliphatic rings. The maximum absolute atomic E-state index is 10.7. The number of rotatable bonds is 0. The first kappa shape index (κ1) is 14.2. The molecule has 5 rings (SSSR count). The van der Waals surface area contributed by atoms with Gasteiger partial charge in [-0.1, -0.05) is 36.4 Å². The molecule has 3 atom stereocenters. The highest BCUT2D eigenvalue weighted by molar-refractivity contribution is 6.08. The predicted molar refractivity (Wildman–Crippen MR) is 94.9 cm³/mol. The number of aliphatic hydroxyl groups excluding tert-OH is 3. The van der Waals surface area contributed by atoms with E-state index in [1.165, 1.54) is 16.5 Å². The van der Waals surface area contributed by atoms with Gasteiger partial charge < -0.3 is 15.3 Å². The molecule has 0 saturated carbocycles. The van der Waals surface area contributed by atoms with Gasteiger partial charge in [0.15, 0.2) is 0 Å². The highest BCUT2D eigenvalue weighted by atomic mass is 16.3. The molecule has 3 heteroatoms. The van der Waals surface area contributed by atoms with Gasteiger partial charge in [0.1, 0.15) is 12.2 Å². The van der Waals surface area contributed by atoms with Crippen LogP contribution in [0.25, 0.3) is 27.6 Å². The summed E-state index contributed by atoms with van der Waals surface area (Å²) in [6.45, 7) is 2.09. The van der Waals surface area contributed by atoms with Crippen molar-refractivity contribution in [3.63, 3.8) is 0 Å². The van der Waals surface area contributed by atoms with E-state index in [2.05, 4.69) is 25.1 Å². The number of aliphatic hydroxyl groups is 3. The van der Waals surface area contributed by atoms with Crippen LogP contribution in [-0.4, -0.2) is 21.4 Å². The molecular weight excluding hydrogens is 300 g/mol. The monoisotopic (exact) mass is 318 g/mol. The minimum absolute atomic E-state index is 0.492. The molecule has 0 aliphatic heterocycles. The Bertz CT molecular complexity index is 1050. The van der Waals surface area contributed by atoms with Gasteiger partial charge in [-0.05, 0) is 62.4 Å². The molecule has 3 N–H and O–H groups in total. The van der Waals surface area contributed by atoms with Crippen LogP contribution in [0.4, 0.5) is 0 Å². The van der Waals surface area contributed by atoms with Gasteiger partial charge in [-0.15, -0.1) is 0 Å². The summed E-state index contributed by atoms with van der Waals surface area (Å²) >= 11 is 0. The van der Waals surface area contributed by atoms with Crippen LogP contribution < -0.4 is 0 Å². The Morgan fingerprint density at radius 2 is 1.83 bits per heavy atom. The molecule has 120 valence electrons. The van der Waals surface area contributed by atoms with Crippen molar-refractivity contribution < 1.29 is 15.3 Å². The fraction of sp³-hybridized carbons (Fsp3) is 0.238. The Kier molecular flexibility index (Phi) is 2.76. The lowest BCUT2D eigenvalue weighted by atomic mass is 9.86. The van der Waals surface area contributed by atoms with Crippen LogP contribution >= 0.6 is 0 Å². The van der Waals surface area contributed by atoms with Crippen molar-refractivity contribution in [1.29, 1.82) is 0 Å². The minimum atomic E-state index is -0.905. The van der Waals surface area contributed by atoms with Crippen LogP contribution in [0.2, 0.25) is 0 Å². The molecule has 3 nitrogen and oxygen atoms in total. The zero-order valence-corrected chi connectivity index (χ0v) is 13.3. The fourth-order valence-corrected chi connectivity index (χ4v) is 4.37. The third-order valence-corrected chi connectivity index (χ3v) is 5.59. The van der Waals surface area contributed by atoms with Gasteiger partial charge in [-0.2, -0.15) is 0 Å². The third-order valence-electron chi connectivity index (χ3n) is 5.59. The summed E-state index contributed by atoms with van der Waals surface area (Å²) < 4.78 is 0. The van der Waals surface area contributed by atoms with Gasteiger partial charge in [0.2, 0.25) is 0 Å². The Morgan fingerprint density at radius 1 is 1.00 bits per heavy atom. The molecule has 0 heterocycles. The predicted octanol–water partition coefficient (Wildman–Crippen LogP) is 3.31. The van der Waals surface area contributed by atoms with E-state index < -0.39 is 18.3 Å². The Balaban J connectivity index is 1.95. The van der Waals surface area contributed by atoms with E-state index in [0.717, 1.165) is 32.8 Å². The molecular formula is C21H18O3. The molecule has 0 amide bonds. The normalized spacial score (nSPS) is 24.8. The van der Waals surface area contributed by atoms with Crippen LogP contribution in [0.3, 0.4) is 0 Å². The number of benzene rings is 3. The summed E-state index contributed by atoms with van der Waals surface area (Å²) in [5.41, 5.74) is 5.13. The van der Waals surface area contributed by atoms with Gasteiger partial charge in [-0.25, -0.2) is 0 Å². The molecule has 0 bridgehead atoms. The smallest absolute Gasteiger partial charge is 0.109 e. The fourth-order valence-electron chi connectivity index (χ4n) is 4.37. The Morgan fingerprint density at radius 3 is 2.67 bits per heavy atom. The van der Waals surface area contributed by atoms with Crippen molar-refractivity contribution in [3.05, 3.63) is 64.2 Å². The molecule has 0 spiro atoms. The first-order valence-electron chi connectivity index (χ1n) is 8.30. The van der Waals surface area contributed by atoms with Crippen LogP contribution in [0.5, 0.6) is 0 Å². The number of hydrogen-bond donors (Lipinski definition) is 3. The van der Waals surface area contributed by atoms with Crippen LogP contribution in [-0.2, 0) is 6.42 Å². The summed E-state index contributed by atoms with van der Waals surface area (Å²) in [7, 11) is 0. The van der Waals surface area contributed by atoms with Crippen LogP contribution in [0.15, 0.2) is 36.4 Å². The Labute approximate surface area is 139 Å². The second kappa shape index (κ2) is 4.67. The van der Waals surface area contributed by atoms with Gasteiger partial charge in [0.25, 0.3) is 0 Å². The standard InChI is InChI=1S/C21H18O3/c1-10-2-3-11-8-16-12-6-7-17(22)21(24)14(12)5-4-13(16)20-18(23)9-15(10)19(11)20/h2-8,17-18,21-24H,9H2,1H3/t17-,18?,21+/m1/s1. The molecule has 2 aliphatic carbocycles. The van der Waals surface area contributed by atoms with Crippen molar-refractivity contribution in [1.82, 2.24) is 0 Å². The van der Waals surface area contributed by atoms with Crippen molar-refractivity contribution in [3.8, 4) is 0 Å². The first-order valence-corrected chi connectivity index (χ1v) is 8.30. The molecule has 3 aromatic carbocycles. The van der Waals surface area contributed by atoms with Crippen molar-refractivity contribution in [2.24, 2.45) is 0 Å². The maximum Gasteiger partial charge on any atom is 0.109 e. The second-order valence-corrected chi connectivity index (χ2v) is 6.93. The molecule has 0 fully saturated rings. The third kappa shape index (κ3) is 1.67. The molecule has 3 aromatic rings. The van der Waals surface area contributed by atoms with E-state index >= 15 is 0 Å². The minimum Gasteiger partial charge on any atom is -0.388 e. The SMILES string of the molecule is Cc1ccc2cc3c4c(ccc3c3c2c1CC3O)[C@H](O)[C@H](O)C=C4. The first-order chi connectivity index (χ1) is 11.6. The number of fused-ring (bicyclic) bond motifs is 4. The highest BCUT2D eigenvalue weighted by Crippen LogP contribution is 2.45. The zero-order valence-electron chi connectivity index (χ0n) is 13.3. The molecule has 0 saturated heterocycles. The van der Waals surface area contributed by atoms with E-state index in [0.29, 0.717) is 6.42 Å². The highest BCUT2D eigenvalue weighted by Gasteiger charge is 2.29. The van der Waals surface area contributed by atoms with Gasteiger partial charge in [0.05, 0.1) is 6.10 Å². The van der Waals surface area contributed by atoms with E-state index in [1.807, 2.05) is 18.2 Å². The lowest BCUT2D eigenvalue weighted by Crippen LogP contribution is -2.19. The largest absolute Gasteiger partial charge is 0.388 e. The van der Waals surface area contributed by atoms with E-state index in [4.69, 9.17) is 0 Å². The Hall–Kier alpha value is -2.20. The van der Waals surface area contributed by atoms with E-state index in [-0.39, 0.29) is 0 Å². The molecule has 0 aromatic heterocycles. The maximum atomic E-state index is 10.7.